The van der Waals surface area contributed by atoms with E-state index in [1.807, 2.05) is 6.92 Å². The maximum Gasteiger partial charge on any atom is 0.269 e. The second-order valence-electron chi connectivity index (χ2n) is 5.13. The molecule has 0 aliphatic heterocycles. The Morgan fingerprint density at radius 1 is 1.08 bits per heavy atom. The first kappa shape index (κ1) is 16.7. The average molecular weight is 353 g/mol. The fraction of sp³-hybridized carbons (Fsp3) is 0.118. The van der Waals surface area contributed by atoms with Crippen LogP contribution in [0.1, 0.15) is 32.6 Å². The Morgan fingerprint density at radius 3 is 2.52 bits per heavy atom. The predicted molar refractivity (Wildman–Crippen MR) is 95.9 cm³/mol. The van der Waals surface area contributed by atoms with Gasteiger partial charge < -0.3 is 10.6 Å². The molecule has 0 spiro atoms. The molecule has 0 fully saturated rings. The second kappa shape index (κ2) is 7.63. The number of benzene rings is 1. The number of aromatic nitrogens is 3. The maximum absolute atomic E-state index is 12.3. The first-order chi connectivity index (χ1) is 12.2. The number of hydrogen-bond acceptors (Lipinski definition) is 6. The molecule has 0 bridgehead atoms. The van der Waals surface area contributed by atoms with Crippen molar-refractivity contribution in [1.82, 2.24) is 14.6 Å². The summed E-state index contributed by atoms with van der Waals surface area (Å²) in [5, 5.41) is 9.51. The molecular weight excluding hydrogens is 338 g/mol. The molecule has 0 radical (unpaired) electrons. The van der Waals surface area contributed by atoms with Gasteiger partial charge in [-0.25, -0.2) is 0 Å². The number of pyridine rings is 1. The Bertz CT molecular complexity index is 895. The standard InChI is InChI=1S/C17H15N5O2S/c1-2-14-15(25-22-21-14)17(24)20-13-7-3-6-12(9-13)19-16(23)11-5-4-8-18-10-11/h3-10H,2H2,1H3,(H,19,23)(H,20,24). The van der Waals surface area contributed by atoms with Gasteiger partial charge in [0.05, 0.1) is 11.3 Å². The number of hydrogen-bond donors (Lipinski definition) is 2. The molecule has 0 saturated heterocycles. The molecule has 3 rings (SSSR count). The molecule has 2 aromatic heterocycles. The van der Waals surface area contributed by atoms with E-state index in [1.165, 1.54) is 6.20 Å². The first-order valence-electron chi connectivity index (χ1n) is 7.61. The number of carbonyl (C=O) groups is 2. The van der Waals surface area contributed by atoms with Crippen molar-refractivity contribution >= 4 is 34.7 Å². The lowest BCUT2D eigenvalue weighted by molar-refractivity contribution is 0.102. The molecule has 1 aromatic carbocycles. The van der Waals surface area contributed by atoms with Crippen molar-refractivity contribution in [3.05, 3.63) is 64.9 Å². The van der Waals surface area contributed by atoms with E-state index in [2.05, 4.69) is 25.2 Å². The SMILES string of the molecule is CCc1nnsc1C(=O)Nc1cccc(NC(=O)c2cccnc2)c1. The second-order valence-corrected chi connectivity index (χ2v) is 5.89. The van der Waals surface area contributed by atoms with Crippen LogP contribution in [0.15, 0.2) is 48.8 Å². The highest BCUT2D eigenvalue weighted by Gasteiger charge is 2.15. The summed E-state index contributed by atoms with van der Waals surface area (Å²) >= 11 is 1.06. The van der Waals surface area contributed by atoms with E-state index in [0.717, 1.165) is 11.5 Å². The van der Waals surface area contributed by atoms with Crippen LogP contribution >= 0.6 is 11.5 Å². The molecule has 0 unspecified atom stereocenters. The maximum atomic E-state index is 12.3. The fourth-order valence-corrected chi connectivity index (χ4v) is 2.82. The summed E-state index contributed by atoms with van der Waals surface area (Å²) in [7, 11) is 0. The number of amides is 2. The van der Waals surface area contributed by atoms with Gasteiger partial charge in [0, 0.05) is 23.8 Å². The van der Waals surface area contributed by atoms with Crippen molar-refractivity contribution < 1.29 is 9.59 Å². The Morgan fingerprint density at radius 2 is 1.84 bits per heavy atom. The lowest BCUT2D eigenvalue weighted by Crippen LogP contribution is -2.14. The lowest BCUT2D eigenvalue weighted by Gasteiger charge is -2.08. The third-order valence-corrected chi connectivity index (χ3v) is 4.17. The quantitative estimate of drug-likeness (QED) is 0.735. The molecule has 0 aliphatic rings. The summed E-state index contributed by atoms with van der Waals surface area (Å²) in [6, 6.07) is 10.3. The van der Waals surface area contributed by atoms with Gasteiger partial charge in [0.2, 0.25) is 0 Å². The molecule has 25 heavy (non-hydrogen) atoms. The number of carbonyl (C=O) groups excluding carboxylic acids is 2. The summed E-state index contributed by atoms with van der Waals surface area (Å²) in [5.74, 6) is -0.529. The van der Waals surface area contributed by atoms with Gasteiger partial charge in [-0.15, -0.1) is 5.10 Å². The monoisotopic (exact) mass is 353 g/mol. The van der Waals surface area contributed by atoms with Gasteiger partial charge in [0.1, 0.15) is 4.88 Å². The van der Waals surface area contributed by atoms with Crippen LogP contribution in [0, 0.1) is 0 Å². The molecule has 0 aliphatic carbocycles. The first-order valence-corrected chi connectivity index (χ1v) is 8.38. The van der Waals surface area contributed by atoms with Gasteiger partial charge in [-0.1, -0.05) is 17.5 Å². The molecule has 2 N–H and O–H groups in total. The van der Waals surface area contributed by atoms with E-state index >= 15 is 0 Å². The number of nitrogens with zero attached hydrogens (tertiary/aromatic N) is 3. The minimum absolute atomic E-state index is 0.261. The summed E-state index contributed by atoms with van der Waals surface area (Å²) in [6.07, 6.45) is 3.73. The predicted octanol–water partition coefficient (Wildman–Crippen LogP) is 3.00. The van der Waals surface area contributed by atoms with Gasteiger partial charge >= 0.3 is 0 Å². The Labute approximate surface area is 148 Å². The van der Waals surface area contributed by atoms with Gasteiger partial charge in [-0.05, 0) is 48.3 Å². The minimum atomic E-state index is -0.267. The molecular formula is C17H15N5O2S. The van der Waals surface area contributed by atoms with Crippen LogP contribution in [0.2, 0.25) is 0 Å². The largest absolute Gasteiger partial charge is 0.322 e. The summed E-state index contributed by atoms with van der Waals surface area (Å²) in [5.41, 5.74) is 2.28. The van der Waals surface area contributed by atoms with Gasteiger partial charge in [-0.3, -0.25) is 14.6 Å². The van der Waals surface area contributed by atoms with E-state index in [-0.39, 0.29) is 11.8 Å². The molecule has 3 aromatic rings. The summed E-state index contributed by atoms with van der Waals surface area (Å²) in [4.78, 5) is 28.9. The zero-order valence-electron chi connectivity index (χ0n) is 13.4. The molecule has 8 heteroatoms. The van der Waals surface area contributed by atoms with Gasteiger partial charge in [0.15, 0.2) is 0 Å². The molecule has 0 saturated carbocycles. The third-order valence-electron chi connectivity index (χ3n) is 3.40. The van der Waals surface area contributed by atoms with Crippen molar-refractivity contribution in [3.63, 3.8) is 0 Å². The van der Waals surface area contributed by atoms with Crippen molar-refractivity contribution in [2.24, 2.45) is 0 Å². The Kier molecular flexibility index (Phi) is 5.10. The molecule has 2 amide bonds. The van der Waals surface area contributed by atoms with Crippen LogP contribution in [0.25, 0.3) is 0 Å². The zero-order valence-corrected chi connectivity index (χ0v) is 14.2. The van der Waals surface area contributed by atoms with E-state index in [4.69, 9.17) is 0 Å². The van der Waals surface area contributed by atoms with Crippen molar-refractivity contribution in [1.29, 1.82) is 0 Å². The number of anilines is 2. The highest BCUT2D eigenvalue weighted by molar-refractivity contribution is 7.08. The van der Waals surface area contributed by atoms with Crippen molar-refractivity contribution in [2.75, 3.05) is 10.6 Å². The molecule has 2 heterocycles. The van der Waals surface area contributed by atoms with Crippen molar-refractivity contribution in [3.8, 4) is 0 Å². The van der Waals surface area contributed by atoms with E-state index in [0.29, 0.717) is 33.9 Å². The van der Waals surface area contributed by atoms with Crippen LogP contribution in [0.3, 0.4) is 0 Å². The minimum Gasteiger partial charge on any atom is -0.322 e. The summed E-state index contributed by atoms with van der Waals surface area (Å²) in [6.45, 7) is 1.92. The Hall–Kier alpha value is -3.13. The normalized spacial score (nSPS) is 10.3. The third kappa shape index (κ3) is 4.04. The lowest BCUT2D eigenvalue weighted by atomic mass is 10.2. The highest BCUT2D eigenvalue weighted by atomic mass is 32.1. The number of nitrogens with one attached hydrogen (secondary N) is 2. The van der Waals surface area contributed by atoms with E-state index < -0.39 is 0 Å². The summed E-state index contributed by atoms with van der Waals surface area (Å²) < 4.78 is 3.81. The highest BCUT2D eigenvalue weighted by Crippen LogP contribution is 2.19. The average Bonchev–Trinajstić information content (AvgIpc) is 3.11. The molecule has 126 valence electrons. The topological polar surface area (TPSA) is 96.9 Å². The molecule has 0 atom stereocenters. The number of rotatable bonds is 5. The van der Waals surface area contributed by atoms with Crippen LogP contribution < -0.4 is 10.6 Å². The van der Waals surface area contributed by atoms with E-state index in [9.17, 15) is 9.59 Å². The number of aryl methyl sites for hydroxylation is 1. The van der Waals surface area contributed by atoms with Crippen LogP contribution in [0.5, 0.6) is 0 Å². The zero-order chi connectivity index (χ0) is 17.6. The Balaban J connectivity index is 1.71. The van der Waals surface area contributed by atoms with Crippen LogP contribution in [-0.2, 0) is 6.42 Å². The smallest absolute Gasteiger partial charge is 0.269 e. The van der Waals surface area contributed by atoms with Crippen LogP contribution in [-0.4, -0.2) is 26.4 Å². The molecule has 7 nitrogen and oxygen atoms in total. The van der Waals surface area contributed by atoms with Gasteiger partial charge in [-0.2, -0.15) is 0 Å². The van der Waals surface area contributed by atoms with Crippen molar-refractivity contribution in [2.45, 2.75) is 13.3 Å². The fourth-order valence-electron chi connectivity index (χ4n) is 2.18. The van der Waals surface area contributed by atoms with Gasteiger partial charge in [0.25, 0.3) is 11.8 Å². The van der Waals surface area contributed by atoms with Crippen LogP contribution in [0.4, 0.5) is 11.4 Å². The van der Waals surface area contributed by atoms with E-state index in [1.54, 1.807) is 42.6 Å².